The van der Waals surface area contributed by atoms with Crippen molar-refractivity contribution in [2.45, 2.75) is 12.3 Å². The molecule has 1 heterocycles. The number of aromatic nitrogens is 1. The molecule has 0 spiro atoms. The van der Waals surface area contributed by atoms with Gasteiger partial charge in [-0.25, -0.2) is 4.98 Å². The Morgan fingerprint density at radius 1 is 1.22 bits per heavy atom. The first-order valence-electron chi connectivity index (χ1n) is 4.83. The molecule has 2 rings (SSSR count). The van der Waals surface area contributed by atoms with Crippen molar-refractivity contribution >= 4 is 27.3 Å². The number of aliphatic hydroxyl groups is 1. The van der Waals surface area contributed by atoms with Gasteiger partial charge in [0.1, 0.15) is 10.7 Å². The number of hydrogen-bond acceptors (Lipinski definition) is 3. The van der Waals surface area contributed by atoms with Gasteiger partial charge in [0, 0.05) is 0 Å². The van der Waals surface area contributed by atoms with Crippen LogP contribution in [0.4, 0.5) is 13.2 Å². The van der Waals surface area contributed by atoms with Crippen LogP contribution in [-0.2, 0) is 6.18 Å². The highest BCUT2D eigenvalue weighted by Gasteiger charge is 2.30. The number of alkyl halides is 3. The fourth-order valence-corrected chi connectivity index (χ4v) is 2.85. The third-order valence-corrected chi connectivity index (χ3v) is 4.13. The van der Waals surface area contributed by atoms with Gasteiger partial charge in [0.2, 0.25) is 0 Å². The van der Waals surface area contributed by atoms with E-state index in [-0.39, 0.29) is 0 Å². The van der Waals surface area contributed by atoms with E-state index >= 15 is 0 Å². The van der Waals surface area contributed by atoms with Crippen molar-refractivity contribution in [2.75, 3.05) is 0 Å². The molecule has 0 aliphatic rings. The summed E-state index contributed by atoms with van der Waals surface area (Å²) in [5.41, 5.74) is 1.21. The van der Waals surface area contributed by atoms with E-state index in [2.05, 4.69) is 20.9 Å². The summed E-state index contributed by atoms with van der Waals surface area (Å²) in [4.78, 5) is 4.48. The first kappa shape index (κ1) is 13.5. The fraction of sp³-hybridized carbons (Fsp3) is 0.182. The molecule has 0 amide bonds. The Hall–Kier alpha value is -0.920. The molecule has 2 aromatic rings. The summed E-state index contributed by atoms with van der Waals surface area (Å²) in [6.45, 7) is 0. The maximum atomic E-state index is 12.4. The maximum absolute atomic E-state index is 12.4. The Labute approximate surface area is 113 Å². The zero-order chi connectivity index (χ0) is 13.3. The van der Waals surface area contributed by atoms with Crippen LogP contribution in [0.3, 0.4) is 0 Å². The van der Waals surface area contributed by atoms with Gasteiger partial charge in [0.15, 0.2) is 0 Å². The zero-order valence-corrected chi connectivity index (χ0v) is 11.2. The predicted octanol–water partition coefficient (Wildman–Crippen LogP) is 4.01. The second-order valence-corrected chi connectivity index (χ2v) is 5.17. The molecule has 1 aromatic heterocycles. The molecule has 2 nitrogen and oxygen atoms in total. The van der Waals surface area contributed by atoms with E-state index in [1.54, 1.807) is 5.51 Å². The lowest BCUT2D eigenvalue weighted by molar-refractivity contribution is -0.137. The number of nitrogens with zero attached hydrogens (tertiary/aromatic N) is 1. The molecule has 1 N–H and O–H groups in total. The van der Waals surface area contributed by atoms with Crippen molar-refractivity contribution in [2.24, 2.45) is 0 Å². The molecule has 0 aliphatic carbocycles. The number of aliphatic hydroxyl groups excluding tert-OH is 1. The van der Waals surface area contributed by atoms with Crippen LogP contribution in [-0.4, -0.2) is 10.1 Å². The van der Waals surface area contributed by atoms with Gasteiger partial charge in [-0.05, 0) is 33.6 Å². The first-order valence-corrected chi connectivity index (χ1v) is 6.51. The van der Waals surface area contributed by atoms with Gasteiger partial charge in [-0.1, -0.05) is 12.1 Å². The molecule has 0 saturated heterocycles. The monoisotopic (exact) mass is 337 g/mol. The summed E-state index contributed by atoms with van der Waals surface area (Å²) in [5, 5.41) is 10.0. The molecular weight excluding hydrogens is 331 g/mol. The van der Waals surface area contributed by atoms with E-state index < -0.39 is 17.8 Å². The minimum atomic E-state index is -4.37. The minimum Gasteiger partial charge on any atom is -0.383 e. The lowest BCUT2D eigenvalue weighted by Crippen LogP contribution is -2.05. The Kier molecular flexibility index (Phi) is 3.74. The van der Waals surface area contributed by atoms with Crippen molar-refractivity contribution < 1.29 is 18.3 Å². The van der Waals surface area contributed by atoms with Crippen molar-refractivity contribution in [1.82, 2.24) is 4.98 Å². The third-order valence-electron chi connectivity index (χ3n) is 2.35. The summed E-state index contributed by atoms with van der Waals surface area (Å²) < 4.78 is 37.6. The zero-order valence-electron chi connectivity index (χ0n) is 8.78. The number of hydrogen-bond donors (Lipinski definition) is 1. The standard InChI is InChI=1S/C11H7BrF3NOS/c12-10-9(18-5-16-10)8(17)6-1-3-7(4-2-6)11(13,14)15/h1-5,8,17H. The van der Waals surface area contributed by atoms with E-state index in [1.165, 1.54) is 23.5 Å². The van der Waals surface area contributed by atoms with Crippen LogP contribution >= 0.6 is 27.3 Å². The number of benzene rings is 1. The fourth-order valence-electron chi connectivity index (χ4n) is 1.42. The normalized spacial score (nSPS) is 13.6. The summed E-state index contributed by atoms with van der Waals surface area (Å²) in [5.74, 6) is 0. The van der Waals surface area contributed by atoms with Gasteiger partial charge >= 0.3 is 6.18 Å². The molecule has 1 unspecified atom stereocenters. The Bertz CT molecular complexity index is 538. The average Bonchev–Trinajstić information content (AvgIpc) is 2.73. The Morgan fingerprint density at radius 3 is 2.28 bits per heavy atom. The van der Waals surface area contributed by atoms with Crippen LogP contribution in [0.25, 0.3) is 0 Å². The summed E-state index contributed by atoms with van der Waals surface area (Å²) in [6, 6.07) is 4.43. The lowest BCUT2D eigenvalue weighted by atomic mass is 10.1. The largest absolute Gasteiger partial charge is 0.416 e. The number of rotatable bonds is 2. The van der Waals surface area contributed by atoms with Gasteiger partial charge in [0.25, 0.3) is 0 Å². The van der Waals surface area contributed by atoms with Gasteiger partial charge in [-0.2, -0.15) is 13.2 Å². The summed E-state index contributed by atoms with van der Waals surface area (Å²) >= 11 is 4.40. The molecular formula is C11H7BrF3NOS. The molecule has 1 atom stereocenters. The molecule has 0 bridgehead atoms. The molecule has 0 fully saturated rings. The van der Waals surface area contributed by atoms with Crippen molar-refractivity contribution in [1.29, 1.82) is 0 Å². The van der Waals surface area contributed by atoms with Gasteiger partial charge in [-0.15, -0.1) is 11.3 Å². The van der Waals surface area contributed by atoms with E-state index in [9.17, 15) is 18.3 Å². The quantitative estimate of drug-likeness (QED) is 0.898. The van der Waals surface area contributed by atoms with Crippen LogP contribution in [0.15, 0.2) is 34.4 Å². The Balaban J connectivity index is 2.28. The molecule has 1 aromatic carbocycles. The topological polar surface area (TPSA) is 33.1 Å². The van der Waals surface area contributed by atoms with Crippen molar-refractivity contribution in [3.8, 4) is 0 Å². The second kappa shape index (κ2) is 4.99. The van der Waals surface area contributed by atoms with Gasteiger partial charge < -0.3 is 5.11 Å². The van der Waals surface area contributed by atoms with E-state index in [0.29, 0.717) is 15.0 Å². The van der Waals surface area contributed by atoms with Crippen molar-refractivity contribution in [3.05, 3.63) is 50.4 Å². The van der Waals surface area contributed by atoms with E-state index in [0.717, 1.165) is 12.1 Å². The molecule has 18 heavy (non-hydrogen) atoms. The molecule has 0 saturated carbocycles. The average molecular weight is 338 g/mol. The lowest BCUT2D eigenvalue weighted by Gasteiger charge is -2.11. The smallest absolute Gasteiger partial charge is 0.383 e. The highest BCUT2D eigenvalue weighted by Crippen LogP contribution is 2.33. The number of halogens is 4. The SMILES string of the molecule is OC(c1ccc(C(F)(F)F)cc1)c1scnc1Br. The Morgan fingerprint density at radius 2 is 1.83 bits per heavy atom. The van der Waals surface area contributed by atoms with Crippen molar-refractivity contribution in [3.63, 3.8) is 0 Å². The summed E-state index contributed by atoms with van der Waals surface area (Å²) in [6.07, 6.45) is -5.34. The number of thiazole rings is 1. The second-order valence-electron chi connectivity index (χ2n) is 3.53. The maximum Gasteiger partial charge on any atom is 0.416 e. The molecule has 96 valence electrons. The molecule has 0 aliphatic heterocycles. The van der Waals surface area contributed by atoms with Crippen LogP contribution in [0, 0.1) is 0 Å². The van der Waals surface area contributed by atoms with Gasteiger partial charge in [0.05, 0.1) is 16.0 Å². The highest BCUT2D eigenvalue weighted by atomic mass is 79.9. The molecule has 7 heteroatoms. The van der Waals surface area contributed by atoms with E-state index in [1.807, 2.05) is 0 Å². The van der Waals surface area contributed by atoms with Crippen LogP contribution in [0.5, 0.6) is 0 Å². The van der Waals surface area contributed by atoms with E-state index in [4.69, 9.17) is 0 Å². The summed E-state index contributed by atoms with van der Waals surface area (Å²) in [7, 11) is 0. The minimum absolute atomic E-state index is 0.396. The van der Waals surface area contributed by atoms with Gasteiger partial charge in [-0.3, -0.25) is 0 Å². The van der Waals surface area contributed by atoms with Crippen LogP contribution < -0.4 is 0 Å². The predicted molar refractivity (Wildman–Crippen MR) is 65.3 cm³/mol. The first-order chi connectivity index (χ1) is 8.39. The highest BCUT2D eigenvalue weighted by molar-refractivity contribution is 9.10. The van der Waals surface area contributed by atoms with Crippen LogP contribution in [0.1, 0.15) is 22.1 Å². The molecule has 0 radical (unpaired) electrons. The van der Waals surface area contributed by atoms with Crippen LogP contribution in [0.2, 0.25) is 0 Å². The third kappa shape index (κ3) is 2.73.